The van der Waals surface area contributed by atoms with E-state index in [0.717, 1.165) is 6.42 Å². The van der Waals surface area contributed by atoms with Gasteiger partial charge in [0, 0.05) is 13.0 Å². The number of amides is 2. The zero-order valence-electron chi connectivity index (χ0n) is 11.1. The number of carboxylic acid groups (broad SMARTS) is 2. The van der Waals surface area contributed by atoms with Crippen LogP contribution in [0.4, 0.5) is 4.79 Å². The molecule has 4 N–H and O–H groups in total. The number of nitrogens with one attached hydrogen (secondary N) is 2. The molecule has 0 aromatic rings. The first kappa shape index (κ1) is 15.3. The maximum atomic E-state index is 11.5. The number of carbonyl (C=O) groups is 3. The Morgan fingerprint density at radius 2 is 1.89 bits per heavy atom. The van der Waals surface area contributed by atoms with Crippen LogP contribution in [0.5, 0.6) is 0 Å². The fraction of sp³-hybridized carbons (Fsp3) is 0.750. The van der Waals surface area contributed by atoms with E-state index in [9.17, 15) is 14.4 Å². The van der Waals surface area contributed by atoms with Gasteiger partial charge in [0.25, 0.3) is 0 Å². The summed E-state index contributed by atoms with van der Waals surface area (Å²) in [5.41, 5.74) is 0.239. The molecule has 0 aromatic carbocycles. The highest BCUT2D eigenvalue weighted by Gasteiger charge is 2.45. The molecule has 1 fully saturated rings. The molecule has 108 valence electrons. The Balaban J connectivity index is 2.30. The van der Waals surface area contributed by atoms with Crippen molar-refractivity contribution in [2.45, 2.75) is 39.2 Å². The van der Waals surface area contributed by atoms with E-state index >= 15 is 0 Å². The van der Waals surface area contributed by atoms with Crippen molar-refractivity contribution in [2.75, 3.05) is 6.54 Å². The highest BCUT2D eigenvalue weighted by molar-refractivity contribution is 5.83. The number of hydrogen-bond donors (Lipinski definition) is 4. The maximum absolute atomic E-state index is 11.5. The number of carbonyl (C=O) groups excluding carboxylic acids is 1. The van der Waals surface area contributed by atoms with E-state index < -0.39 is 24.0 Å². The van der Waals surface area contributed by atoms with Crippen molar-refractivity contribution in [3.8, 4) is 0 Å². The molecule has 0 bridgehead atoms. The van der Waals surface area contributed by atoms with Crippen LogP contribution in [-0.2, 0) is 9.59 Å². The fourth-order valence-electron chi connectivity index (χ4n) is 1.87. The molecule has 1 rings (SSSR count). The second kappa shape index (κ2) is 5.90. The SMILES string of the molecule is CC1(C)CC1CNC(=O)N[C@@H](CCC(=O)O)C(=O)O. The van der Waals surface area contributed by atoms with Crippen molar-refractivity contribution in [3.05, 3.63) is 0 Å². The lowest BCUT2D eigenvalue weighted by molar-refractivity contribution is -0.140. The van der Waals surface area contributed by atoms with E-state index in [-0.39, 0.29) is 18.3 Å². The van der Waals surface area contributed by atoms with E-state index in [1.54, 1.807) is 0 Å². The van der Waals surface area contributed by atoms with Crippen LogP contribution in [0, 0.1) is 11.3 Å². The lowest BCUT2D eigenvalue weighted by atomic mass is 10.1. The van der Waals surface area contributed by atoms with Gasteiger partial charge in [0.1, 0.15) is 6.04 Å². The summed E-state index contributed by atoms with van der Waals surface area (Å²) in [6.07, 6.45) is 0.606. The van der Waals surface area contributed by atoms with Crippen molar-refractivity contribution in [1.29, 1.82) is 0 Å². The number of rotatable bonds is 7. The third-order valence-electron chi connectivity index (χ3n) is 3.48. The van der Waals surface area contributed by atoms with Crippen molar-refractivity contribution in [1.82, 2.24) is 10.6 Å². The summed E-state index contributed by atoms with van der Waals surface area (Å²) in [4.78, 5) is 32.8. The van der Waals surface area contributed by atoms with Gasteiger partial charge in [-0.1, -0.05) is 13.8 Å². The van der Waals surface area contributed by atoms with Crippen LogP contribution in [0.1, 0.15) is 33.1 Å². The van der Waals surface area contributed by atoms with Gasteiger partial charge in [-0.05, 0) is 24.2 Å². The third kappa shape index (κ3) is 5.15. The van der Waals surface area contributed by atoms with Gasteiger partial charge < -0.3 is 20.8 Å². The van der Waals surface area contributed by atoms with Gasteiger partial charge in [0.2, 0.25) is 0 Å². The quantitative estimate of drug-likeness (QED) is 0.543. The normalized spacial score (nSPS) is 21.3. The number of aliphatic carboxylic acids is 2. The van der Waals surface area contributed by atoms with E-state index in [0.29, 0.717) is 12.5 Å². The molecule has 7 heteroatoms. The molecule has 0 radical (unpaired) electrons. The van der Waals surface area contributed by atoms with Gasteiger partial charge in [-0.15, -0.1) is 0 Å². The highest BCUT2D eigenvalue weighted by Crippen LogP contribution is 2.50. The molecule has 1 aliphatic carbocycles. The summed E-state index contributed by atoms with van der Waals surface area (Å²) < 4.78 is 0. The molecule has 19 heavy (non-hydrogen) atoms. The van der Waals surface area contributed by atoms with Crippen LogP contribution in [-0.4, -0.2) is 40.8 Å². The molecule has 7 nitrogen and oxygen atoms in total. The summed E-state index contributed by atoms with van der Waals surface area (Å²) in [7, 11) is 0. The molecule has 1 unspecified atom stereocenters. The van der Waals surface area contributed by atoms with Crippen molar-refractivity contribution in [2.24, 2.45) is 11.3 Å². The Morgan fingerprint density at radius 3 is 2.32 bits per heavy atom. The zero-order chi connectivity index (χ0) is 14.6. The smallest absolute Gasteiger partial charge is 0.326 e. The molecule has 2 amide bonds. The third-order valence-corrected chi connectivity index (χ3v) is 3.48. The molecular weight excluding hydrogens is 252 g/mol. The van der Waals surface area contributed by atoms with Crippen LogP contribution in [0.15, 0.2) is 0 Å². The summed E-state index contributed by atoms with van der Waals surface area (Å²) in [6, 6.07) is -1.75. The monoisotopic (exact) mass is 272 g/mol. The molecule has 0 saturated heterocycles. The van der Waals surface area contributed by atoms with E-state index in [1.165, 1.54) is 0 Å². The predicted molar refractivity (Wildman–Crippen MR) is 66.7 cm³/mol. The summed E-state index contributed by atoms with van der Waals surface area (Å²) in [5, 5.41) is 22.3. The average Bonchev–Trinajstić information content (AvgIpc) is 2.89. The predicted octanol–water partition coefficient (Wildman–Crippen LogP) is 0.650. The number of urea groups is 1. The molecule has 0 aromatic heterocycles. The van der Waals surface area contributed by atoms with Gasteiger partial charge in [-0.2, -0.15) is 0 Å². The largest absolute Gasteiger partial charge is 0.481 e. The first-order valence-corrected chi connectivity index (χ1v) is 6.21. The lowest BCUT2D eigenvalue weighted by Crippen LogP contribution is -2.46. The maximum Gasteiger partial charge on any atom is 0.326 e. The van der Waals surface area contributed by atoms with Crippen LogP contribution in [0.3, 0.4) is 0 Å². The number of carboxylic acids is 2. The van der Waals surface area contributed by atoms with Crippen LogP contribution in [0.25, 0.3) is 0 Å². The van der Waals surface area contributed by atoms with Crippen molar-refractivity contribution in [3.63, 3.8) is 0 Å². The van der Waals surface area contributed by atoms with Gasteiger partial charge in [-0.25, -0.2) is 9.59 Å². The molecule has 2 atom stereocenters. The fourth-order valence-corrected chi connectivity index (χ4v) is 1.87. The van der Waals surface area contributed by atoms with Crippen LogP contribution < -0.4 is 10.6 Å². The zero-order valence-corrected chi connectivity index (χ0v) is 11.1. The Kier molecular flexibility index (Phi) is 4.74. The summed E-state index contributed by atoms with van der Waals surface area (Å²) in [5.74, 6) is -1.91. The molecule has 1 saturated carbocycles. The minimum Gasteiger partial charge on any atom is -0.481 e. The summed E-state index contributed by atoms with van der Waals surface area (Å²) >= 11 is 0. The van der Waals surface area contributed by atoms with Gasteiger partial charge >= 0.3 is 18.0 Å². The van der Waals surface area contributed by atoms with Gasteiger partial charge in [-0.3, -0.25) is 4.79 Å². The van der Waals surface area contributed by atoms with Crippen LogP contribution in [0.2, 0.25) is 0 Å². The Bertz CT molecular complexity index is 380. The standard InChI is InChI=1S/C12H20N2O5/c1-12(2)5-7(12)6-13-11(19)14-8(10(17)18)3-4-9(15)16/h7-8H,3-6H2,1-2H3,(H,15,16)(H,17,18)(H2,13,14,19)/t7?,8-/m0/s1. The minimum absolute atomic E-state index is 0.132. The highest BCUT2D eigenvalue weighted by atomic mass is 16.4. The van der Waals surface area contributed by atoms with Gasteiger partial charge in [0.05, 0.1) is 0 Å². The van der Waals surface area contributed by atoms with E-state index in [1.807, 2.05) is 0 Å². The van der Waals surface area contributed by atoms with Crippen LogP contribution >= 0.6 is 0 Å². The van der Waals surface area contributed by atoms with E-state index in [2.05, 4.69) is 24.5 Å². The topological polar surface area (TPSA) is 116 Å². The molecule has 1 aliphatic rings. The molecule has 0 aliphatic heterocycles. The van der Waals surface area contributed by atoms with Gasteiger partial charge in [0.15, 0.2) is 0 Å². The molecular formula is C12H20N2O5. The van der Waals surface area contributed by atoms with E-state index in [4.69, 9.17) is 10.2 Å². The first-order valence-electron chi connectivity index (χ1n) is 6.21. The molecule has 0 heterocycles. The Hall–Kier alpha value is -1.79. The molecule has 0 spiro atoms. The Morgan fingerprint density at radius 1 is 1.32 bits per heavy atom. The lowest BCUT2D eigenvalue weighted by Gasteiger charge is -2.14. The summed E-state index contributed by atoms with van der Waals surface area (Å²) in [6.45, 7) is 4.71. The van der Waals surface area contributed by atoms with Crippen molar-refractivity contribution < 1.29 is 24.6 Å². The Labute approximate surface area is 111 Å². The second-order valence-electron chi connectivity index (χ2n) is 5.57. The second-order valence-corrected chi connectivity index (χ2v) is 5.57. The minimum atomic E-state index is -1.23. The van der Waals surface area contributed by atoms with Crippen molar-refractivity contribution >= 4 is 18.0 Å². The average molecular weight is 272 g/mol. The first-order chi connectivity index (χ1) is 8.72. The number of hydrogen-bond acceptors (Lipinski definition) is 3.